The molecule has 0 aliphatic heterocycles. The van der Waals surface area contributed by atoms with Crippen LogP contribution in [0.2, 0.25) is 5.02 Å². The van der Waals surface area contributed by atoms with Crippen LogP contribution in [0.25, 0.3) is 0 Å². The van der Waals surface area contributed by atoms with E-state index in [-0.39, 0.29) is 22.4 Å². The molecule has 3 N–H and O–H groups in total. The molecule has 0 saturated carbocycles. The maximum atomic E-state index is 12.2. The molecule has 21 heavy (non-hydrogen) atoms. The van der Waals surface area contributed by atoms with Crippen LogP contribution in [0.1, 0.15) is 31.1 Å². The van der Waals surface area contributed by atoms with Crippen molar-refractivity contribution in [2.75, 3.05) is 5.32 Å². The Balaban J connectivity index is 3.00. The SMILES string of the molecule is CC(=O)Nc1ccc(Cl)c(C(=O)N[C@H](C(=O)O)C(C)C)c1. The lowest BCUT2D eigenvalue weighted by atomic mass is 10.0. The van der Waals surface area contributed by atoms with Gasteiger partial charge < -0.3 is 15.7 Å². The lowest BCUT2D eigenvalue weighted by Crippen LogP contribution is -2.44. The Hall–Kier alpha value is -2.08. The van der Waals surface area contributed by atoms with Crippen LogP contribution in [0.15, 0.2) is 18.2 Å². The number of rotatable bonds is 5. The number of amides is 2. The molecule has 0 bridgehead atoms. The van der Waals surface area contributed by atoms with E-state index >= 15 is 0 Å². The van der Waals surface area contributed by atoms with Crippen molar-refractivity contribution in [3.63, 3.8) is 0 Å². The highest BCUT2D eigenvalue weighted by molar-refractivity contribution is 6.34. The zero-order valence-electron chi connectivity index (χ0n) is 11.9. The number of halogens is 1. The number of aliphatic carboxylic acids is 1. The van der Waals surface area contributed by atoms with Crippen molar-refractivity contribution < 1.29 is 19.5 Å². The second-order valence-corrected chi connectivity index (χ2v) is 5.32. The second-order valence-electron chi connectivity index (χ2n) is 4.91. The fraction of sp³-hybridized carbons (Fsp3) is 0.357. The minimum absolute atomic E-state index is 0.106. The Morgan fingerprint density at radius 2 is 1.86 bits per heavy atom. The maximum Gasteiger partial charge on any atom is 0.326 e. The van der Waals surface area contributed by atoms with Crippen molar-refractivity contribution in [3.05, 3.63) is 28.8 Å². The third-order valence-electron chi connectivity index (χ3n) is 2.75. The molecule has 0 saturated heterocycles. The van der Waals surface area contributed by atoms with Gasteiger partial charge in [0.15, 0.2) is 0 Å². The molecule has 0 aliphatic rings. The lowest BCUT2D eigenvalue weighted by molar-refractivity contribution is -0.140. The van der Waals surface area contributed by atoms with E-state index in [4.69, 9.17) is 16.7 Å². The molecule has 114 valence electrons. The van der Waals surface area contributed by atoms with Crippen LogP contribution in [0, 0.1) is 5.92 Å². The molecule has 1 rings (SSSR count). The van der Waals surface area contributed by atoms with Crippen LogP contribution in [0.3, 0.4) is 0 Å². The molecule has 0 aliphatic carbocycles. The van der Waals surface area contributed by atoms with Gasteiger partial charge in [0.25, 0.3) is 5.91 Å². The van der Waals surface area contributed by atoms with Gasteiger partial charge in [-0.2, -0.15) is 0 Å². The van der Waals surface area contributed by atoms with Gasteiger partial charge in [-0.05, 0) is 24.1 Å². The van der Waals surface area contributed by atoms with Crippen molar-refractivity contribution in [2.45, 2.75) is 26.8 Å². The Kier molecular flexibility index (Phi) is 5.72. The van der Waals surface area contributed by atoms with Gasteiger partial charge in [0.2, 0.25) is 5.91 Å². The first-order valence-electron chi connectivity index (χ1n) is 6.33. The van der Waals surface area contributed by atoms with E-state index in [1.807, 2.05) is 0 Å². The number of anilines is 1. The van der Waals surface area contributed by atoms with E-state index in [1.54, 1.807) is 19.9 Å². The molecule has 6 nitrogen and oxygen atoms in total. The highest BCUT2D eigenvalue weighted by Gasteiger charge is 2.25. The van der Waals surface area contributed by atoms with E-state index in [0.29, 0.717) is 5.69 Å². The third kappa shape index (κ3) is 4.75. The summed E-state index contributed by atoms with van der Waals surface area (Å²) >= 11 is 5.95. The third-order valence-corrected chi connectivity index (χ3v) is 3.08. The van der Waals surface area contributed by atoms with Gasteiger partial charge in [0.05, 0.1) is 10.6 Å². The first-order chi connectivity index (χ1) is 9.72. The van der Waals surface area contributed by atoms with Crippen molar-refractivity contribution in [1.29, 1.82) is 0 Å². The zero-order chi connectivity index (χ0) is 16.2. The van der Waals surface area contributed by atoms with Crippen molar-refractivity contribution >= 4 is 35.1 Å². The minimum atomic E-state index is -1.12. The summed E-state index contributed by atoms with van der Waals surface area (Å²) in [5, 5.41) is 14.2. The monoisotopic (exact) mass is 312 g/mol. The normalized spacial score (nSPS) is 11.9. The Morgan fingerprint density at radius 3 is 2.33 bits per heavy atom. The molecule has 0 heterocycles. The molecule has 2 amide bonds. The lowest BCUT2D eigenvalue weighted by Gasteiger charge is -2.18. The fourth-order valence-corrected chi connectivity index (χ4v) is 1.92. The number of carboxylic acid groups (broad SMARTS) is 1. The summed E-state index contributed by atoms with van der Waals surface area (Å²) < 4.78 is 0. The molecule has 0 spiro atoms. The average Bonchev–Trinajstić information content (AvgIpc) is 2.36. The number of carbonyl (C=O) groups excluding carboxylic acids is 2. The highest BCUT2D eigenvalue weighted by Crippen LogP contribution is 2.21. The summed E-state index contributed by atoms with van der Waals surface area (Å²) in [6.07, 6.45) is 0. The Morgan fingerprint density at radius 1 is 1.24 bits per heavy atom. The first kappa shape index (κ1) is 17.0. The highest BCUT2D eigenvalue weighted by atomic mass is 35.5. The van der Waals surface area contributed by atoms with Crippen LogP contribution in [-0.2, 0) is 9.59 Å². The van der Waals surface area contributed by atoms with Crippen LogP contribution in [0.4, 0.5) is 5.69 Å². The van der Waals surface area contributed by atoms with Crippen LogP contribution < -0.4 is 10.6 Å². The van der Waals surface area contributed by atoms with Gasteiger partial charge in [0, 0.05) is 12.6 Å². The quantitative estimate of drug-likeness (QED) is 0.776. The summed E-state index contributed by atoms with van der Waals surface area (Å²) in [6, 6.07) is 3.40. The van der Waals surface area contributed by atoms with E-state index in [9.17, 15) is 14.4 Å². The molecular formula is C14H17ClN2O4. The molecule has 0 fully saturated rings. The summed E-state index contributed by atoms with van der Waals surface area (Å²) in [4.78, 5) is 34.3. The van der Waals surface area contributed by atoms with Gasteiger partial charge in [-0.25, -0.2) is 4.79 Å². The van der Waals surface area contributed by atoms with Crippen molar-refractivity contribution in [2.24, 2.45) is 5.92 Å². The Labute approximate surface area is 127 Å². The molecule has 0 radical (unpaired) electrons. The minimum Gasteiger partial charge on any atom is -0.480 e. The molecular weight excluding hydrogens is 296 g/mol. The predicted octanol–water partition coefficient (Wildman–Crippen LogP) is 2.14. The van der Waals surface area contributed by atoms with Crippen molar-refractivity contribution in [1.82, 2.24) is 5.32 Å². The van der Waals surface area contributed by atoms with Gasteiger partial charge in [-0.15, -0.1) is 0 Å². The number of nitrogens with one attached hydrogen (secondary N) is 2. The summed E-state index contributed by atoms with van der Waals surface area (Å²) in [7, 11) is 0. The smallest absolute Gasteiger partial charge is 0.326 e. The average molecular weight is 313 g/mol. The summed E-state index contributed by atoms with van der Waals surface area (Å²) in [5.74, 6) is -2.28. The molecule has 1 atom stereocenters. The first-order valence-corrected chi connectivity index (χ1v) is 6.71. The van der Waals surface area contributed by atoms with Gasteiger partial charge >= 0.3 is 5.97 Å². The maximum absolute atomic E-state index is 12.2. The topological polar surface area (TPSA) is 95.5 Å². The number of hydrogen-bond donors (Lipinski definition) is 3. The molecule has 1 aromatic carbocycles. The number of carboxylic acids is 1. The van der Waals surface area contributed by atoms with Gasteiger partial charge in [-0.1, -0.05) is 25.4 Å². The second kappa shape index (κ2) is 7.08. The van der Waals surface area contributed by atoms with Crippen LogP contribution in [0.5, 0.6) is 0 Å². The molecule has 1 aromatic rings. The Bertz CT molecular complexity index is 572. The number of hydrogen-bond acceptors (Lipinski definition) is 3. The van der Waals surface area contributed by atoms with Gasteiger partial charge in [0.1, 0.15) is 6.04 Å². The standard InChI is InChI=1S/C14H17ClN2O4/c1-7(2)12(14(20)21)17-13(19)10-6-9(16-8(3)18)4-5-11(10)15/h4-7,12H,1-3H3,(H,16,18)(H,17,19)(H,20,21)/t12-/m0/s1. The number of benzene rings is 1. The van der Waals surface area contributed by atoms with Crippen LogP contribution >= 0.6 is 11.6 Å². The summed E-state index contributed by atoms with van der Waals surface area (Å²) in [5.41, 5.74) is 0.517. The molecule has 0 aromatic heterocycles. The number of carbonyl (C=O) groups is 3. The summed E-state index contributed by atoms with van der Waals surface area (Å²) in [6.45, 7) is 4.72. The van der Waals surface area contributed by atoms with E-state index in [1.165, 1.54) is 19.1 Å². The largest absolute Gasteiger partial charge is 0.480 e. The van der Waals surface area contributed by atoms with E-state index in [2.05, 4.69) is 10.6 Å². The molecule has 7 heteroatoms. The molecule has 0 unspecified atom stereocenters. The zero-order valence-corrected chi connectivity index (χ0v) is 12.7. The fourth-order valence-electron chi connectivity index (χ4n) is 1.71. The predicted molar refractivity (Wildman–Crippen MR) is 79.5 cm³/mol. The van der Waals surface area contributed by atoms with Gasteiger partial charge in [-0.3, -0.25) is 9.59 Å². The van der Waals surface area contributed by atoms with E-state index in [0.717, 1.165) is 0 Å². The van der Waals surface area contributed by atoms with E-state index < -0.39 is 17.9 Å². The van der Waals surface area contributed by atoms with Crippen molar-refractivity contribution in [3.8, 4) is 0 Å². The van der Waals surface area contributed by atoms with Crippen LogP contribution in [-0.4, -0.2) is 28.9 Å².